The molecule has 0 saturated heterocycles. The van der Waals surface area contributed by atoms with E-state index in [1.807, 2.05) is 12.1 Å². The predicted octanol–water partition coefficient (Wildman–Crippen LogP) is 0.726. The van der Waals surface area contributed by atoms with E-state index in [-0.39, 0.29) is 18.4 Å². The van der Waals surface area contributed by atoms with Gasteiger partial charge in [-0.3, -0.25) is 14.5 Å². The molecule has 108 valence electrons. The van der Waals surface area contributed by atoms with Crippen LogP contribution in [0.1, 0.15) is 12.8 Å². The maximum Gasteiger partial charge on any atom is 0.244 e. The summed E-state index contributed by atoms with van der Waals surface area (Å²) in [4.78, 5) is 25.5. The van der Waals surface area contributed by atoms with Gasteiger partial charge in [-0.15, -0.1) is 0 Å². The van der Waals surface area contributed by atoms with Gasteiger partial charge in [-0.25, -0.2) is 0 Å². The number of para-hydroxylation sites is 2. The standard InChI is InChI=1S/C14H19N3O3/c1-20-8-4-5-10(15)14(19)17-9-13(18)16-11-6-2-3-7-12(11)17/h2-3,6-7,10H,4-5,8-9,15H2,1H3,(H,16,18). The lowest BCUT2D eigenvalue weighted by Crippen LogP contribution is -2.49. The molecule has 1 atom stereocenters. The Bertz CT molecular complexity index is 504. The summed E-state index contributed by atoms with van der Waals surface area (Å²) in [7, 11) is 1.61. The second kappa shape index (κ2) is 6.49. The van der Waals surface area contributed by atoms with Crippen molar-refractivity contribution in [2.45, 2.75) is 18.9 Å². The van der Waals surface area contributed by atoms with Gasteiger partial charge in [0.1, 0.15) is 6.54 Å². The van der Waals surface area contributed by atoms with E-state index in [2.05, 4.69) is 5.32 Å². The molecule has 1 heterocycles. The number of methoxy groups -OCH3 is 1. The molecule has 1 aromatic rings. The van der Waals surface area contributed by atoms with E-state index in [0.717, 1.165) is 0 Å². The van der Waals surface area contributed by atoms with Crippen LogP contribution in [-0.2, 0) is 14.3 Å². The largest absolute Gasteiger partial charge is 0.385 e. The predicted molar refractivity (Wildman–Crippen MR) is 76.5 cm³/mol. The molecule has 1 unspecified atom stereocenters. The average Bonchev–Trinajstić information content (AvgIpc) is 2.45. The van der Waals surface area contributed by atoms with Crippen molar-refractivity contribution in [1.29, 1.82) is 0 Å². The molecule has 0 aliphatic carbocycles. The van der Waals surface area contributed by atoms with Crippen LogP contribution in [0.25, 0.3) is 0 Å². The van der Waals surface area contributed by atoms with Gasteiger partial charge in [0.05, 0.1) is 17.4 Å². The van der Waals surface area contributed by atoms with Gasteiger partial charge >= 0.3 is 0 Å². The summed E-state index contributed by atoms with van der Waals surface area (Å²) < 4.78 is 4.95. The summed E-state index contributed by atoms with van der Waals surface area (Å²) in [5.41, 5.74) is 7.25. The van der Waals surface area contributed by atoms with Crippen LogP contribution in [0, 0.1) is 0 Å². The highest BCUT2D eigenvalue weighted by Crippen LogP contribution is 2.29. The van der Waals surface area contributed by atoms with Crippen molar-refractivity contribution in [2.24, 2.45) is 5.73 Å². The van der Waals surface area contributed by atoms with Crippen LogP contribution in [0.2, 0.25) is 0 Å². The smallest absolute Gasteiger partial charge is 0.244 e. The molecular weight excluding hydrogens is 258 g/mol. The number of fused-ring (bicyclic) bond motifs is 1. The van der Waals surface area contributed by atoms with Crippen LogP contribution in [0.5, 0.6) is 0 Å². The zero-order chi connectivity index (χ0) is 14.5. The fraction of sp³-hybridized carbons (Fsp3) is 0.429. The fourth-order valence-electron chi connectivity index (χ4n) is 2.20. The molecular formula is C14H19N3O3. The van der Waals surface area contributed by atoms with Gasteiger partial charge in [0.15, 0.2) is 0 Å². The molecule has 1 aliphatic rings. The van der Waals surface area contributed by atoms with E-state index in [0.29, 0.717) is 30.8 Å². The first kappa shape index (κ1) is 14.5. The molecule has 0 radical (unpaired) electrons. The maximum absolute atomic E-state index is 12.4. The van der Waals surface area contributed by atoms with Gasteiger partial charge in [-0.1, -0.05) is 12.1 Å². The topological polar surface area (TPSA) is 84.7 Å². The molecule has 0 spiro atoms. The van der Waals surface area contributed by atoms with Crippen LogP contribution in [0.3, 0.4) is 0 Å². The molecule has 0 aromatic heterocycles. The number of rotatable bonds is 5. The summed E-state index contributed by atoms with van der Waals surface area (Å²) >= 11 is 0. The number of benzene rings is 1. The van der Waals surface area contributed by atoms with Gasteiger partial charge < -0.3 is 15.8 Å². The van der Waals surface area contributed by atoms with Gasteiger partial charge in [-0.05, 0) is 25.0 Å². The lowest BCUT2D eigenvalue weighted by atomic mass is 10.1. The Morgan fingerprint density at radius 3 is 3.00 bits per heavy atom. The van der Waals surface area contributed by atoms with E-state index in [9.17, 15) is 9.59 Å². The number of nitrogens with one attached hydrogen (secondary N) is 1. The van der Waals surface area contributed by atoms with E-state index in [4.69, 9.17) is 10.5 Å². The summed E-state index contributed by atoms with van der Waals surface area (Å²) in [6.45, 7) is 0.575. The molecule has 0 fully saturated rings. The molecule has 2 amide bonds. The second-order valence-electron chi connectivity index (χ2n) is 4.73. The van der Waals surface area contributed by atoms with Crippen molar-refractivity contribution in [3.63, 3.8) is 0 Å². The Kier molecular flexibility index (Phi) is 4.70. The van der Waals surface area contributed by atoms with E-state index in [1.165, 1.54) is 4.90 Å². The lowest BCUT2D eigenvalue weighted by molar-refractivity contribution is -0.122. The zero-order valence-electron chi connectivity index (χ0n) is 11.5. The SMILES string of the molecule is COCCCC(N)C(=O)N1CC(=O)Nc2ccccc21. The van der Waals surface area contributed by atoms with Crippen LogP contribution in [0.4, 0.5) is 11.4 Å². The summed E-state index contributed by atoms with van der Waals surface area (Å²) in [6.07, 6.45) is 1.25. The number of nitrogens with two attached hydrogens (primary N) is 1. The monoisotopic (exact) mass is 277 g/mol. The number of ether oxygens (including phenoxy) is 1. The Labute approximate surface area is 117 Å². The molecule has 2 rings (SSSR count). The molecule has 20 heavy (non-hydrogen) atoms. The van der Waals surface area contributed by atoms with Gasteiger partial charge in [-0.2, -0.15) is 0 Å². The number of hydrogen-bond acceptors (Lipinski definition) is 4. The van der Waals surface area contributed by atoms with E-state index < -0.39 is 6.04 Å². The number of anilines is 2. The molecule has 3 N–H and O–H groups in total. The van der Waals surface area contributed by atoms with Crippen LogP contribution < -0.4 is 16.0 Å². The molecule has 0 saturated carbocycles. The average molecular weight is 277 g/mol. The van der Waals surface area contributed by atoms with Gasteiger partial charge in [0.25, 0.3) is 0 Å². The van der Waals surface area contributed by atoms with Crippen LogP contribution in [-0.4, -0.2) is 38.1 Å². The molecule has 6 nitrogen and oxygen atoms in total. The summed E-state index contributed by atoms with van der Waals surface area (Å²) in [5, 5.41) is 2.74. The Morgan fingerprint density at radius 1 is 1.50 bits per heavy atom. The van der Waals surface area contributed by atoms with Gasteiger partial charge in [0, 0.05) is 13.7 Å². The van der Waals surface area contributed by atoms with E-state index in [1.54, 1.807) is 19.2 Å². The number of carbonyl (C=O) groups excluding carboxylic acids is 2. The quantitative estimate of drug-likeness (QED) is 0.777. The molecule has 1 aromatic carbocycles. The van der Waals surface area contributed by atoms with Crippen molar-refractivity contribution < 1.29 is 14.3 Å². The first-order chi connectivity index (χ1) is 9.63. The minimum Gasteiger partial charge on any atom is -0.385 e. The summed E-state index contributed by atoms with van der Waals surface area (Å²) in [6, 6.07) is 6.58. The number of carbonyl (C=O) groups is 2. The zero-order valence-corrected chi connectivity index (χ0v) is 11.5. The third kappa shape index (κ3) is 3.15. The second-order valence-corrected chi connectivity index (χ2v) is 4.73. The first-order valence-corrected chi connectivity index (χ1v) is 6.58. The van der Waals surface area contributed by atoms with Crippen molar-refractivity contribution >= 4 is 23.2 Å². The Morgan fingerprint density at radius 2 is 2.25 bits per heavy atom. The highest BCUT2D eigenvalue weighted by atomic mass is 16.5. The Hall–Kier alpha value is -1.92. The first-order valence-electron chi connectivity index (χ1n) is 6.58. The number of hydrogen-bond donors (Lipinski definition) is 2. The minimum atomic E-state index is -0.621. The highest BCUT2D eigenvalue weighted by Gasteiger charge is 2.29. The normalized spacial score (nSPS) is 15.5. The van der Waals surface area contributed by atoms with Gasteiger partial charge in [0.2, 0.25) is 11.8 Å². The van der Waals surface area contributed by atoms with Crippen molar-refractivity contribution in [2.75, 3.05) is 30.5 Å². The fourth-order valence-corrected chi connectivity index (χ4v) is 2.20. The lowest BCUT2D eigenvalue weighted by Gasteiger charge is -2.31. The Balaban J connectivity index is 2.11. The maximum atomic E-state index is 12.4. The van der Waals surface area contributed by atoms with Crippen LogP contribution in [0.15, 0.2) is 24.3 Å². The third-order valence-corrected chi connectivity index (χ3v) is 3.22. The van der Waals surface area contributed by atoms with Crippen LogP contribution >= 0.6 is 0 Å². The molecule has 1 aliphatic heterocycles. The summed E-state index contributed by atoms with van der Waals surface area (Å²) in [5.74, 6) is -0.440. The van der Waals surface area contributed by atoms with Crippen molar-refractivity contribution in [3.05, 3.63) is 24.3 Å². The number of nitrogens with zero attached hydrogens (tertiary/aromatic N) is 1. The van der Waals surface area contributed by atoms with Crippen molar-refractivity contribution in [3.8, 4) is 0 Å². The molecule has 6 heteroatoms. The molecule has 0 bridgehead atoms. The minimum absolute atomic E-state index is 0.00776. The third-order valence-electron chi connectivity index (χ3n) is 3.22. The van der Waals surface area contributed by atoms with E-state index >= 15 is 0 Å². The van der Waals surface area contributed by atoms with Crippen molar-refractivity contribution in [1.82, 2.24) is 0 Å². The highest BCUT2D eigenvalue weighted by molar-refractivity contribution is 6.11. The number of amides is 2.